The lowest BCUT2D eigenvalue weighted by atomic mass is 10.1. The summed E-state index contributed by atoms with van der Waals surface area (Å²) in [5.41, 5.74) is 1.60. The lowest BCUT2D eigenvalue weighted by Crippen LogP contribution is -2.28. The summed E-state index contributed by atoms with van der Waals surface area (Å²) in [7, 11) is -0.683. The van der Waals surface area contributed by atoms with E-state index in [2.05, 4.69) is 5.32 Å². The van der Waals surface area contributed by atoms with Gasteiger partial charge in [0.15, 0.2) is 0 Å². The van der Waals surface area contributed by atoms with Crippen LogP contribution in [0.15, 0.2) is 41.3 Å². The summed E-state index contributed by atoms with van der Waals surface area (Å²) in [5.74, 6) is 0.336. The van der Waals surface area contributed by atoms with Crippen molar-refractivity contribution < 1.29 is 22.7 Å². The Labute approximate surface area is 165 Å². The Bertz CT molecular complexity index is 982. The highest BCUT2D eigenvalue weighted by molar-refractivity contribution is 7.89. The molecule has 0 aliphatic carbocycles. The predicted molar refractivity (Wildman–Crippen MR) is 107 cm³/mol. The summed E-state index contributed by atoms with van der Waals surface area (Å²) >= 11 is 0. The van der Waals surface area contributed by atoms with Crippen molar-refractivity contribution in [2.75, 3.05) is 32.6 Å². The molecule has 0 radical (unpaired) electrons. The molecule has 28 heavy (non-hydrogen) atoms. The molecule has 150 valence electrons. The van der Waals surface area contributed by atoms with Gasteiger partial charge in [-0.15, -0.1) is 0 Å². The van der Waals surface area contributed by atoms with Crippen LogP contribution in [0.2, 0.25) is 0 Å². The van der Waals surface area contributed by atoms with Gasteiger partial charge in [0, 0.05) is 13.1 Å². The molecule has 1 heterocycles. The number of hydrogen-bond acceptors (Lipinski definition) is 5. The molecule has 1 amide bonds. The summed E-state index contributed by atoms with van der Waals surface area (Å²) in [5, 5.41) is 2.79. The molecule has 0 atom stereocenters. The summed E-state index contributed by atoms with van der Waals surface area (Å²) in [6, 6.07) is 9.76. The highest BCUT2D eigenvalue weighted by atomic mass is 32.2. The maximum absolute atomic E-state index is 12.9. The van der Waals surface area contributed by atoms with Crippen molar-refractivity contribution in [1.29, 1.82) is 0 Å². The minimum atomic E-state index is -3.64. The van der Waals surface area contributed by atoms with Crippen LogP contribution in [-0.2, 0) is 10.0 Å². The smallest absolute Gasteiger partial charge is 0.259 e. The number of carbonyl (C=O) groups is 1. The number of benzene rings is 2. The topological polar surface area (TPSA) is 84.9 Å². The highest BCUT2D eigenvalue weighted by Crippen LogP contribution is 2.29. The number of amides is 1. The SMILES string of the molecule is COc1ccc(C)cc1NC(=O)c1cc(S(=O)(=O)N2CCCC2)ccc1OC. The van der Waals surface area contributed by atoms with E-state index in [0.29, 0.717) is 30.3 Å². The van der Waals surface area contributed by atoms with E-state index in [1.807, 2.05) is 13.0 Å². The lowest BCUT2D eigenvalue weighted by Gasteiger charge is -2.17. The van der Waals surface area contributed by atoms with E-state index in [1.165, 1.54) is 36.7 Å². The Balaban J connectivity index is 1.96. The molecule has 7 nitrogen and oxygen atoms in total. The number of sulfonamides is 1. The number of carbonyl (C=O) groups excluding carboxylic acids is 1. The number of rotatable bonds is 6. The van der Waals surface area contributed by atoms with Gasteiger partial charge in [0.1, 0.15) is 11.5 Å². The Kier molecular flexibility index (Phi) is 5.90. The molecular weight excluding hydrogens is 380 g/mol. The molecule has 2 aromatic rings. The largest absolute Gasteiger partial charge is 0.496 e. The number of hydrogen-bond donors (Lipinski definition) is 1. The van der Waals surface area contributed by atoms with Gasteiger partial charge in [-0.25, -0.2) is 8.42 Å². The number of aryl methyl sites for hydroxylation is 1. The molecule has 0 saturated carbocycles. The van der Waals surface area contributed by atoms with E-state index in [1.54, 1.807) is 12.1 Å². The fourth-order valence-corrected chi connectivity index (χ4v) is 4.76. The maximum atomic E-state index is 12.9. The minimum absolute atomic E-state index is 0.0801. The standard InChI is InChI=1S/C20H24N2O5S/c1-14-6-8-19(27-3)17(12-14)21-20(23)16-13-15(7-9-18(16)26-2)28(24,25)22-10-4-5-11-22/h6-9,12-13H,4-5,10-11H2,1-3H3,(H,21,23). The molecule has 1 aliphatic heterocycles. The summed E-state index contributed by atoms with van der Waals surface area (Å²) in [4.78, 5) is 13.0. The van der Waals surface area contributed by atoms with E-state index in [-0.39, 0.29) is 10.5 Å². The van der Waals surface area contributed by atoms with Crippen LogP contribution in [-0.4, -0.2) is 45.9 Å². The zero-order chi connectivity index (χ0) is 20.3. The van der Waals surface area contributed by atoms with Gasteiger partial charge in [0.25, 0.3) is 5.91 Å². The van der Waals surface area contributed by atoms with Crippen LogP contribution in [0.1, 0.15) is 28.8 Å². The average Bonchev–Trinajstić information content (AvgIpc) is 3.23. The molecule has 1 saturated heterocycles. The van der Waals surface area contributed by atoms with Gasteiger partial charge in [-0.3, -0.25) is 4.79 Å². The van der Waals surface area contributed by atoms with Gasteiger partial charge >= 0.3 is 0 Å². The molecule has 3 rings (SSSR count). The van der Waals surface area contributed by atoms with Gasteiger partial charge in [-0.2, -0.15) is 4.31 Å². The van der Waals surface area contributed by atoms with Gasteiger partial charge in [-0.1, -0.05) is 6.07 Å². The summed E-state index contributed by atoms with van der Waals surface area (Å²) in [6.07, 6.45) is 1.69. The lowest BCUT2D eigenvalue weighted by molar-refractivity contribution is 0.102. The number of ether oxygens (including phenoxy) is 2. The Hall–Kier alpha value is -2.58. The van der Waals surface area contributed by atoms with Crippen molar-refractivity contribution in [2.45, 2.75) is 24.7 Å². The molecular formula is C20H24N2O5S. The first-order valence-electron chi connectivity index (χ1n) is 9.01. The number of anilines is 1. The Morgan fingerprint density at radius 2 is 1.64 bits per heavy atom. The zero-order valence-corrected chi connectivity index (χ0v) is 17.0. The van der Waals surface area contributed by atoms with Crippen LogP contribution >= 0.6 is 0 Å². The second-order valence-electron chi connectivity index (χ2n) is 6.63. The summed E-state index contributed by atoms with van der Waals surface area (Å²) < 4.78 is 37.7. The quantitative estimate of drug-likeness (QED) is 0.800. The first-order valence-corrected chi connectivity index (χ1v) is 10.4. The van der Waals surface area contributed by atoms with E-state index < -0.39 is 15.9 Å². The van der Waals surface area contributed by atoms with E-state index in [0.717, 1.165) is 18.4 Å². The van der Waals surface area contributed by atoms with Crippen molar-refractivity contribution in [1.82, 2.24) is 4.31 Å². The van der Waals surface area contributed by atoms with E-state index in [9.17, 15) is 13.2 Å². The van der Waals surface area contributed by atoms with Gasteiger partial charge in [0.05, 0.1) is 30.4 Å². The van der Waals surface area contributed by atoms with Crippen LogP contribution in [0.25, 0.3) is 0 Å². The maximum Gasteiger partial charge on any atom is 0.259 e. The van der Waals surface area contributed by atoms with Crippen LogP contribution in [0.3, 0.4) is 0 Å². The normalized spacial score (nSPS) is 14.7. The molecule has 1 fully saturated rings. The zero-order valence-electron chi connectivity index (χ0n) is 16.2. The van der Waals surface area contributed by atoms with Crippen LogP contribution < -0.4 is 14.8 Å². The third-order valence-electron chi connectivity index (χ3n) is 4.72. The minimum Gasteiger partial charge on any atom is -0.496 e. The molecule has 0 unspecified atom stereocenters. The first-order chi connectivity index (χ1) is 13.4. The number of methoxy groups -OCH3 is 2. The number of nitrogens with zero attached hydrogens (tertiary/aromatic N) is 1. The number of nitrogens with one attached hydrogen (secondary N) is 1. The monoisotopic (exact) mass is 404 g/mol. The van der Waals surface area contributed by atoms with E-state index >= 15 is 0 Å². The van der Waals surface area contributed by atoms with Crippen molar-refractivity contribution in [2.24, 2.45) is 0 Å². The summed E-state index contributed by atoms with van der Waals surface area (Å²) in [6.45, 7) is 2.89. The van der Waals surface area contributed by atoms with Gasteiger partial charge in [-0.05, 0) is 55.7 Å². The van der Waals surface area contributed by atoms with Crippen molar-refractivity contribution in [3.63, 3.8) is 0 Å². The Morgan fingerprint density at radius 1 is 1.00 bits per heavy atom. The second kappa shape index (κ2) is 8.20. The van der Waals surface area contributed by atoms with Crippen molar-refractivity contribution in [3.8, 4) is 11.5 Å². The molecule has 1 N–H and O–H groups in total. The van der Waals surface area contributed by atoms with Crippen LogP contribution in [0, 0.1) is 6.92 Å². The van der Waals surface area contributed by atoms with E-state index in [4.69, 9.17) is 9.47 Å². The third-order valence-corrected chi connectivity index (χ3v) is 6.62. The molecule has 0 spiro atoms. The fourth-order valence-electron chi connectivity index (χ4n) is 3.21. The predicted octanol–water partition coefficient (Wildman–Crippen LogP) is 3.05. The molecule has 1 aliphatic rings. The second-order valence-corrected chi connectivity index (χ2v) is 8.57. The average molecular weight is 404 g/mol. The highest BCUT2D eigenvalue weighted by Gasteiger charge is 2.28. The molecule has 0 aromatic heterocycles. The fraction of sp³-hybridized carbons (Fsp3) is 0.350. The third kappa shape index (κ3) is 3.98. The molecule has 0 bridgehead atoms. The van der Waals surface area contributed by atoms with Crippen LogP contribution in [0.4, 0.5) is 5.69 Å². The van der Waals surface area contributed by atoms with Crippen molar-refractivity contribution >= 4 is 21.6 Å². The molecule has 8 heteroatoms. The van der Waals surface area contributed by atoms with Gasteiger partial charge < -0.3 is 14.8 Å². The van der Waals surface area contributed by atoms with Crippen LogP contribution in [0.5, 0.6) is 11.5 Å². The first kappa shape index (κ1) is 20.2. The molecule has 2 aromatic carbocycles. The Morgan fingerprint density at radius 3 is 2.29 bits per heavy atom. The van der Waals surface area contributed by atoms with Gasteiger partial charge in [0.2, 0.25) is 10.0 Å². The van der Waals surface area contributed by atoms with Crippen molar-refractivity contribution in [3.05, 3.63) is 47.5 Å².